The van der Waals surface area contributed by atoms with Gasteiger partial charge in [-0.05, 0) is 46.6 Å². The molecule has 0 bridgehead atoms. The number of nitrogens with two attached hydrogens (primary N) is 1. The molecule has 11 nitrogen and oxygen atoms in total. The molecule has 1 aliphatic rings. The summed E-state index contributed by atoms with van der Waals surface area (Å²) in [6.07, 6.45) is -0.931. The van der Waals surface area contributed by atoms with Gasteiger partial charge in [0.25, 0.3) is 5.91 Å². The third-order valence-electron chi connectivity index (χ3n) is 6.47. The van der Waals surface area contributed by atoms with Gasteiger partial charge in [0.15, 0.2) is 0 Å². The van der Waals surface area contributed by atoms with Crippen LogP contribution in [0.5, 0.6) is 0 Å². The smallest absolute Gasteiger partial charge is 0.413 e. The number of nitrogens with zero attached hydrogens (tertiary/aromatic N) is 3. The molecule has 220 valence electrons. The van der Waals surface area contributed by atoms with Crippen molar-refractivity contribution in [3.63, 3.8) is 0 Å². The average molecular weight is 573 g/mol. The summed E-state index contributed by atoms with van der Waals surface area (Å²) in [6, 6.07) is 8.02. The number of aromatic nitrogens is 3. The van der Waals surface area contributed by atoms with Gasteiger partial charge in [0.2, 0.25) is 17.7 Å². The highest BCUT2D eigenvalue weighted by atomic mass is 19.3. The van der Waals surface area contributed by atoms with Gasteiger partial charge in [-0.2, -0.15) is 5.10 Å². The van der Waals surface area contributed by atoms with E-state index in [0.29, 0.717) is 23.2 Å². The number of carbonyl (C=O) groups excluding carboxylic acids is 3. The van der Waals surface area contributed by atoms with Crippen molar-refractivity contribution in [3.8, 4) is 11.3 Å². The third-order valence-corrected chi connectivity index (χ3v) is 6.47. The van der Waals surface area contributed by atoms with E-state index in [4.69, 9.17) is 15.0 Å². The van der Waals surface area contributed by atoms with Gasteiger partial charge in [-0.15, -0.1) is 0 Å². The van der Waals surface area contributed by atoms with Crippen LogP contribution < -0.4 is 16.4 Å². The summed E-state index contributed by atoms with van der Waals surface area (Å²) >= 11 is 0. The lowest BCUT2D eigenvalue weighted by Gasteiger charge is -2.20. The Kier molecular flexibility index (Phi) is 8.18. The molecule has 1 atom stereocenters. The van der Waals surface area contributed by atoms with E-state index in [1.165, 1.54) is 10.7 Å². The minimum absolute atomic E-state index is 0.00757. The SMILES string of the molecule is CC(C)n1nc(-c2ccc(CC(=O)Nc3cc(C4CCC(F)(F)C4)no3)cc2)c(C(N)=O)c1NC(=O)OC(C)(C)C. The fourth-order valence-electron chi connectivity index (χ4n) is 4.65. The number of carbonyl (C=O) groups is 3. The van der Waals surface area contributed by atoms with Gasteiger partial charge >= 0.3 is 6.09 Å². The van der Waals surface area contributed by atoms with Crippen molar-refractivity contribution in [1.29, 1.82) is 0 Å². The van der Waals surface area contributed by atoms with Crippen molar-refractivity contribution < 1.29 is 32.4 Å². The number of hydrogen-bond donors (Lipinski definition) is 3. The molecule has 1 saturated carbocycles. The van der Waals surface area contributed by atoms with Crippen molar-refractivity contribution in [3.05, 3.63) is 47.2 Å². The molecule has 3 aromatic rings. The van der Waals surface area contributed by atoms with E-state index in [9.17, 15) is 23.2 Å². The summed E-state index contributed by atoms with van der Waals surface area (Å²) in [7, 11) is 0. The molecule has 1 aliphatic carbocycles. The van der Waals surface area contributed by atoms with E-state index in [1.54, 1.807) is 45.0 Å². The largest absolute Gasteiger partial charge is 0.444 e. The van der Waals surface area contributed by atoms with Crippen LogP contribution in [-0.4, -0.2) is 44.4 Å². The molecule has 1 fully saturated rings. The first-order chi connectivity index (χ1) is 19.1. The molecule has 2 heterocycles. The van der Waals surface area contributed by atoms with Crippen LogP contribution in [0.3, 0.4) is 0 Å². The van der Waals surface area contributed by atoms with E-state index in [0.717, 1.165) is 0 Å². The molecule has 2 aromatic heterocycles. The van der Waals surface area contributed by atoms with E-state index in [-0.39, 0.29) is 54.2 Å². The van der Waals surface area contributed by atoms with Gasteiger partial charge in [0.1, 0.15) is 22.7 Å². The second-order valence-electron chi connectivity index (χ2n) is 11.4. The lowest BCUT2D eigenvalue weighted by atomic mass is 10.0. The molecular formula is C28H34F2N6O5. The normalized spacial score (nSPS) is 16.5. The Bertz CT molecular complexity index is 1440. The summed E-state index contributed by atoms with van der Waals surface area (Å²) in [5, 5.41) is 13.6. The lowest BCUT2D eigenvalue weighted by molar-refractivity contribution is -0.115. The van der Waals surface area contributed by atoms with Crippen LogP contribution in [0.2, 0.25) is 0 Å². The van der Waals surface area contributed by atoms with Crippen LogP contribution in [0, 0.1) is 0 Å². The first-order valence-electron chi connectivity index (χ1n) is 13.3. The second-order valence-corrected chi connectivity index (χ2v) is 11.4. The van der Waals surface area contributed by atoms with E-state index in [1.807, 2.05) is 13.8 Å². The molecule has 0 spiro atoms. The van der Waals surface area contributed by atoms with Gasteiger partial charge in [0, 0.05) is 36.4 Å². The van der Waals surface area contributed by atoms with E-state index in [2.05, 4.69) is 20.9 Å². The number of hydrogen-bond acceptors (Lipinski definition) is 7. The quantitative estimate of drug-likeness (QED) is 0.315. The van der Waals surface area contributed by atoms with Crippen LogP contribution >= 0.6 is 0 Å². The number of rotatable bonds is 8. The van der Waals surface area contributed by atoms with Gasteiger partial charge in [-0.25, -0.2) is 18.3 Å². The fraction of sp³-hybridized carbons (Fsp3) is 0.464. The Hall–Kier alpha value is -4.29. The number of halogens is 2. The maximum atomic E-state index is 13.5. The van der Waals surface area contributed by atoms with Gasteiger partial charge < -0.3 is 15.0 Å². The Balaban J connectivity index is 1.48. The molecule has 0 radical (unpaired) electrons. The summed E-state index contributed by atoms with van der Waals surface area (Å²) in [5.41, 5.74) is 6.83. The topological polar surface area (TPSA) is 154 Å². The fourth-order valence-corrected chi connectivity index (χ4v) is 4.65. The van der Waals surface area contributed by atoms with Crippen LogP contribution in [0.1, 0.15) is 87.5 Å². The van der Waals surface area contributed by atoms with Gasteiger partial charge in [-0.3, -0.25) is 20.2 Å². The number of alkyl halides is 2. The van der Waals surface area contributed by atoms with Crippen molar-refractivity contribution in [2.24, 2.45) is 5.73 Å². The van der Waals surface area contributed by atoms with E-state index >= 15 is 0 Å². The first kappa shape index (κ1) is 29.7. The predicted octanol–water partition coefficient (Wildman–Crippen LogP) is 5.65. The average Bonchev–Trinajstić information content (AvgIpc) is 3.55. The Morgan fingerprint density at radius 3 is 2.44 bits per heavy atom. The minimum atomic E-state index is -2.71. The minimum Gasteiger partial charge on any atom is -0.444 e. The van der Waals surface area contributed by atoms with Crippen molar-refractivity contribution in [2.75, 3.05) is 10.6 Å². The zero-order valence-electron chi connectivity index (χ0n) is 23.6. The molecule has 13 heteroatoms. The number of benzene rings is 1. The summed E-state index contributed by atoms with van der Waals surface area (Å²) in [5.74, 6) is -4.07. The number of amides is 3. The molecule has 4 rings (SSSR count). The molecule has 0 saturated heterocycles. The maximum Gasteiger partial charge on any atom is 0.413 e. The molecule has 4 N–H and O–H groups in total. The number of ether oxygens (including phenoxy) is 1. The Morgan fingerprint density at radius 2 is 1.88 bits per heavy atom. The highest BCUT2D eigenvalue weighted by molar-refractivity contribution is 6.06. The van der Waals surface area contributed by atoms with Crippen LogP contribution in [0.4, 0.5) is 25.3 Å². The van der Waals surface area contributed by atoms with E-state index < -0.39 is 29.4 Å². The van der Waals surface area contributed by atoms with Gasteiger partial charge in [0.05, 0.1) is 12.1 Å². The molecule has 41 heavy (non-hydrogen) atoms. The number of anilines is 2. The highest BCUT2D eigenvalue weighted by Gasteiger charge is 2.41. The Morgan fingerprint density at radius 1 is 1.20 bits per heavy atom. The van der Waals surface area contributed by atoms with Crippen LogP contribution in [-0.2, 0) is 16.0 Å². The molecular weight excluding hydrogens is 538 g/mol. The maximum absolute atomic E-state index is 13.5. The zero-order valence-corrected chi connectivity index (χ0v) is 23.6. The second kappa shape index (κ2) is 11.3. The van der Waals surface area contributed by atoms with Crippen molar-refractivity contribution >= 4 is 29.6 Å². The standard InChI is InChI=1S/C28H34F2N6O5/c1-15(2)36-25(33-26(39)40-27(3,4)5)22(24(31)38)23(34-36)17-8-6-16(7-9-17)12-20(37)32-21-13-19(35-41-21)18-10-11-28(29,30)14-18/h6-9,13,15,18H,10-12,14H2,1-5H3,(H2,31,38)(H,32,37)(H,33,39). The van der Waals surface area contributed by atoms with Crippen LogP contribution in [0.25, 0.3) is 11.3 Å². The molecule has 3 amide bonds. The summed E-state index contributed by atoms with van der Waals surface area (Å²) < 4.78 is 39.0. The monoisotopic (exact) mass is 572 g/mol. The summed E-state index contributed by atoms with van der Waals surface area (Å²) in [4.78, 5) is 37.6. The highest BCUT2D eigenvalue weighted by Crippen LogP contribution is 2.44. The lowest BCUT2D eigenvalue weighted by Crippen LogP contribution is -2.29. The number of nitrogens with one attached hydrogen (secondary N) is 2. The first-order valence-corrected chi connectivity index (χ1v) is 13.3. The molecule has 1 unspecified atom stereocenters. The van der Waals surface area contributed by atoms with Crippen molar-refractivity contribution in [1.82, 2.24) is 14.9 Å². The summed E-state index contributed by atoms with van der Waals surface area (Å²) in [6.45, 7) is 8.83. The third kappa shape index (κ3) is 7.27. The Labute approximate surface area is 235 Å². The molecule has 0 aliphatic heterocycles. The molecule has 1 aromatic carbocycles. The predicted molar refractivity (Wildman–Crippen MR) is 147 cm³/mol. The van der Waals surface area contributed by atoms with Gasteiger partial charge in [-0.1, -0.05) is 29.4 Å². The van der Waals surface area contributed by atoms with Crippen LogP contribution in [0.15, 0.2) is 34.9 Å². The zero-order chi connectivity index (χ0) is 30.1. The van der Waals surface area contributed by atoms with Crippen molar-refractivity contribution in [2.45, 2.75) is 83.8 Å². The number of primary amides is 1.